The first-order chi connectivity index (χ1) is 15.6. The number of ether oxygens (including phenoxy) is 1. The van der Waals surface area contributed by atoms with E-state index in [0.717, 1.165) is 48.7 Å². The van der Waals surface area contributed by atoms with E-state index < -0.39 is 0 Å². The second-order valence-corrected chi connectivity index (χ2v) is 8.98. The van der Waals surface area contributed by atoms with E-state index in [0.29, 0.717) is 18.4 Å². The summed E-state index contributed by atoms with van der Waals surface area (Å²) in [6.07, 6.45) is 5.76. The lowest BCUT2D eigenvalue weighted by Crippen LogP contribution is -2.46. The first-order valence-electron chi connectivity index (χ1n) is 11.5. The number of nitrogens with zero attached hydrogens (tertiary/aromatic N) is 6. The molecule has 8 heteroatoms. The van der Waals surface area contributed by atoms with E-state index in [9.17, 15) is 4.79 Å². The summed E-state index contributed by atoms with van der Waals surface area (Å²) in [5, 5.41) is 12.5. The predicted molar refractivity (Wildman–Crippen MR) is 121 cm³/mol. The molecule has 8 nitrogen and oxygen atoms in total. The average Bonchev–Trinajstić information content (AvgIpc) is 3.59. The van der Waals surface area contributed by atoms with Gasteiger partial charge in [0.2, 0.25) is 5.91 Å². The Balaban J connectivity index is 1.26. The van der Waals surface area contributed by atoms with Gasteiger partial charge in [0, 0.05) is 31.6 Å². The highest BCUT2D eigenvalue weighted by Gasteiger charge is 2.37. The normalized spacial score (nSPS) is 18.0. The quantitative estimate of drug-likeness (QED) is 0.569. The van der Waals surface area contributed by atoms with Crippen LogP contribution < -0.4 is 9.64 Å². The van der Waals surface area contributed by atoms with Gasteiger partial charge in [-0.2, -0.15) is 4.52 Å². The molecule has 1 amide bonds. The molecule has 0 N–H and O–H groups in total. The lowest BCUT2D eigenvalue weighted by atomic mass is 9.94. The summed E-state index contributed by atoms with van der Waals surface area (Å²) < 4.78 is 6.97. The van der Waals surface area contributed by atoms with E-state index >= 15 is 0 Å². The highest BCUT2D eigenvalue weighted by Crippen LogP contribution is 2.37. The van der Waals surface area contributed by atoms with Gasteiger partial charge in [0.1, 0.15) is 17.9 Å². The van der Waals surface area contributed by atoms with Gasteiger partial charge < -0.3 is 14.5 Å². The first kappa shape index (κ1) is 20.7. The molecule has 1 atom stereocenters. The van der Waals surface area contributed by atoms with Gasteiger partial charge in [0.25, 0.3) is 0 Å². The smallest absolute Gasteiger partial charge is 0.226 e. The first-order valence-corrected chi connectivity index (χ1v) is 11.5. The van der Waals surface area contributed by atoms with Crippen LogP contribution >= 0.6 is 0 Å². The summed E-state index contributed by atoms with van der Waals surface area (Å²) in [5.41, 5.74) is 1.89. The van der Waals surface area contributed by atoms with Gasteiger partial charge in [-0.25, -0.2) is 0 Å². The molecular weight excluding hydrogens is 404 g/mol. The van der Waals surface area contributed by atoms with Crippen LogP contribution in [0.5, 0.6) is 5.75 Å². The van der Waals surface area contributed by atoms with Gasteiger partial charge in [-0.05, 0) is 68.4 Å². The molecule has 1 aliphatic heterocycles. The van der Waals surface area contributed by atoms with Crippen molar-refractivity contribution in [1.82, 2.24) is 24.7 Å². The van der Waals surface area contributed by atoms with Crippen molar-refractivity contribution in [3.8, 4) is 5.75 Å². The van der Waals surface area contributed by atoms with Crippen LogP contribution in [0.3, 0.4) is 0 Å². The molecule has 3 heterocycles. The molecule has 2 fully saturated rings. The molecule has 168 valence electrons. The van der Waals surface area contributed by atoms with Crippen LogP contribution in [0.4, 0.5) is 5.82 Å². The molecule has 1 aromatic carbocycles. The summed E-state index contributed by atoms with van der Waals surface area (Å²) >= 11 is 0. The van der Waals surface area contributed by atoms with Crippen LogP contribution in [0.15, 0.2) is 42.7 Å². The van der Waals surface area contributed by atoms with Gasteiger partial charge >= 0.3 is 0 Å². The topological polar surface area (TPSA) is 75.9 Å². The number of hydrogen-bond acceptors (Lipinski definition) is 6. The van der Waals surface area contributed by atoms with Gasteiger partial charge in [0.05, 0.1) is 7.11 Å². The van der Waals surface area contributed by atoms with E-state index in [1.807, 2.05) is 24.3 Å². The van der Waals surface area contributed by atoms with Crippen LogP contribution in [-0.2, 0) is 11.3 Å². The van der Waals surface area contributed by atoms with Crippen LogP contribution in [0.2, 0.25) is 0 Å². The molecule has 2 aliphatic rings. The molecule has 1 unspecified atom stereocenters. The lowest BCUT2D eigenvalue weighted by molar-refractivity contribution is -0.139. The lowest BCUT2D eigenvalue weighted by Gasteiger charge is -2.37. The zero-order valence-electron chi connectivity index (χ0n) is 18.7. The number of rotatable bonds is 7. The minimum Gasteiger partial charge on any atom is -0.497 e. The number of amides is 1. The van der Waals surface area contributed by atoms with Crippen LogP contribution in [0.1, 0.15) is 38.2 Å². The summed E-state index contributed by atoms with van der Waals surface area (Å²) in [7, 11) is 1.67. The number of carbonyl (C=O) groups is 1. The Morgan fingerprint density at radius 1 is 1.12 bits per heavy atom. The SMILES string of the molecule is COc1ccc(CN(C(=O)C2CCN(c3ccc4nncn4n3)CC2)C(C)C2CC2)cc1. The van der Waals surface area contributed by atoms with Crippen molar-refractivity contribution < 1.29 is 9.53 Å². The van der Waals surface area contributed by atoms with Crippen LogP contribution in [0.25, 0.3) is 5.65 Å². The second kappa shape index (κ2) is 8.76. The molecule has 0 radical (unpaired) electrons. The van der Waals surface area contributed by atoms with Gasteiger partial charge in [-0.1, -0.05) is 12.1 Å². The zero-order chi connectivity index (χ0) is 22.1. The Bertz CT molecular complexity index is 1070. The summed E-state index contributed by atoms with van der Waals surface area (Å²) in [6.45, 7) is 4.52. The molecule has 0 bridgehead atoms. The third kappa shape index (κ3) is 4.26. The number of hydrogen-bond donors (Lipinski definition) is 0. The molecule has 5 rings (SSSR count). The van der Waals surface area contributed by atoms with Crippen molar-refractivity contribution in [2.75, 3.05) is 25.1 Å². The van der Waals surface area contributed by atoms with Crippen molar-refractivity contribution in [3.05, 3.63) is 48.3 Å². The summed E-state index contributed by atoms with van der Waals surface area (Å²) in [5.74, 6) is 2.74. The standard InChI is InChI=1S/C24H30N6O2/c1-17(19-5-6-19)29(15-18-3-7-21(32-2)8-4-18)24(31)20-11-13-28(14-12-20)23-10-9-22-26-25-16-30(22)27-23/h3-4,7-10,16-17,19-20H,5-6,11-15H2,1-2H3. The maximum Gasteiger partial charge on any atom is 0.226 e. The third-order valence-electron chi connectivity index (χ3n) is 6.91. The minimum atomic E-state index is 0.0596. The Morgan fingerprint density at radius 3 is 2.56 bits per heavy atom. The minimum absolute atomic E-state index is 0.0596. The van der Waals surface area contributed by atoms with Gasteiger partial charge in [0.15, 0.2) is 5.65 Å². The Morgan fingerprint density at radius 2 is 1.88 bits per heavy atom. The number of fused-ring (bicyclic) bond motifs is 1. The Kier molecular flexibility index (Phi) is 5.68. The van der Waals surface area contributed by atoms with Crippen molar-refractivity contribution in [2.45, 2.75) is 45.2 Å². The number of anilines is 1. The van der Waals surface area contributed by atoms with Gasteiger partial charge in [-0.3, -0.25) is 4.79 Å². The van der Waals surface area contributed by atoms with Crippen LogP contribution in [-0.4, -0.2) is 56.9 Å². The Labute approximate surface area is 188 Å². The number of piperidine rings is 1. The van der Waals surface area contributed by atoms with Gasteiger partial charge in [-0.15, -0.1) is 15.3 Å². The molecule has 2 aromatic heterocycles. The summed E-state index contributed by atoms with van der Waals surface area (Å²) in [6, 6.07) is 12.3. The highest BCUT2D eigenvalue weighted by molar-refractivity contribution is 5.79. The molecule has 3 aromatic rings. The van der Waals surface area contributed by atoms with Crippen molar-refractivity contribution in [3.63, 3.8) is 0 Å². The maximum absolute atomic E-state index is 13.6. The van der Waals surface area contributed by atoms with Crippen molar-refractivity contribution >= 4 is 17.4 Å². The fourth-order valence-electron chi connectivity index (χ4n) is 4.66. The monoisotopic (exact) mass is 434 g/mol. The predicted octanol–water partition coefficient (Wildman–Crippen LogP) is 3.18. The third-order valence-corrected chi connectivity index (χ3v) is 6.91. The largest absolute Gasteiger partial charge is 0.497 e. The summed E-state index contributed by atoms with van der Waals surface area (Å²) in [4.78, 5) is 18.0. The number of methoxy groups -OCH3 is 1. The van der Waals surface area contributed by atoms with E-state index in [1.54, 1.807) is 18.0 Å². The molecular formula is C24H30N6O2. The molecule has 32 heavy (non-hydrogen) atoms. The molecule has 1 saturated heterocycles. The van der Waals surface area contributed by atoms with E-state index in [4.69, 9.17) is 4.74 Å². The van der Waals surface area contributed by atoms with Crippen LogP contribution in [0, 0.1) is 11.8 Å². The average molecular weight is 435 g/mol. The van der Waals surface area contributed by atoms with E-state index in [1.165, 1.54) is 12.8 Å². The number of carbonyl (C=O) groups excluding carboxylic acids is 1. The molecule has 0 spiro atoms. The van der Waals surface area contributed by atoms with Crippen molar-refractivity contribution in [2.24, 2.45) is 11.8 Å². The fraction of sp³-hybridized carbons (Fsp3) is 0.500. The molecule has 1 aliphatic carbocycles. The maximum atomic E-state index is 13.6. The highest BCUT2D eigenvalue weighted by atomic mass is 16.5. The fourth-order valence-corrected chi connectivity index (χ4v) is 4.66. The Hall–Kier alpha value is -3.16. The van der Waals surface area contributed by atoms with E-state index in [2.05, 4.69) is 44.2 Å². The zero-order valence-corrected chi connectivity index (χ0v) is 18.7. The molecule has 1 saturated carbocycles. The second-order valence-electron chi connectivity index (χ2n) is 8.98. The number of aromatic nitrogens is 4. The van der Waals surface area contributed by atoms with E-state index in [-0.39, 0.29) is 12.0 Å². The number of benzene rings is 1. The van der Waals surface area contributed by atoms with Crippen molar-refractivity contribution in [1.29, 1.82) is 0 Å².